The van der Waals surface area contributed by atoms with Crippen molar-refractivity contribution in [3.8, 4) is 16.3 Å². The van der Waals surface area contributed by atoms with Crippen LogP contribution in [0.4, 0.5) is 16.5 Å². The summed E-state index contributed by atoms with van der Waals surface area (Å²) in [5, 5.41) is 26.5. The van der Waals surface area contributed by atoms with Gasteiger partial charge in [0.15, 0.2) is 0 Å². The lowest BCUT2D eigenvalue weighted by Crippen LogP contribution is -2.29. The molecule has 0 saturated heterocycles. The number of hydrogen-bond acceptors (Lipinski definition) is 8. The normalized spacial score (nSPS) is 13.9. The molecule has 0 bridgehead atoms. The van der Waals surface area contributed by atoms with E-state index in [0.29, 0.717) is 21.5 Å². The van der Waals surface area contributed by atoms with E-state index in [0.717, 1.165) is 10.5 Å². The summed E-state index contributed by atoms with van der Waals surface area (Å²) in [6, 6.07) is 13.2. The Morgan fingerprint density at radius 3 is 2.41 bits per heavy atom. The van der Waals surface area contributed by atoms with E-state index < -0.39 is 11.8 Å². The summed E-state index contributed by atoms with van der Waals surface area (Å²) in [6.45, 7) is 0. The van der Waals surface area contributed by atoms with Crippen LogP contribution in [-0.2, 0) is 9.59 Å². The van der Waals surface area contributed by atoms with Gasteiger partial charge in [0.25, 0.3) is 16.9 Å². The minimum atomic E-state index is -0.392. The Hall–Kier alpha value is -3.72. The fourth-order valence-corrected chi connectivity index (χ4v) is 3.10. The van der Waals surface area contributed by atoms with E-state index in [9.17, 15) is 14.7 Å². The monoisotopic (exact) mass is 377 g/mol. The molecule has 132 valence electrons. The molecule has 0 radical (unpaired) electrons. The number of benzene rings is 2. The van der Waals surface area contributed by atoms with Gasteiger partial charge in [0.1, 0.15) is 10.8 Å². The van der Waals surface area contributed by atoms with Gasteiger partial charge in [-0.3, -0.25) is 9.59 Å². The highest BCUT2D eigenvalue weighted by atomic mass is 32.1. The number of phenolic OH excluding ortho intramolecular Hbond substituents is 1. The Morgan fingerprint density at radius 1 is 0.926 bits per heavy atom. The van der Waals surface area contributed by atoms with Crippen molar-refractivity contribution in [3.63, 3.8) is 0 Å². The molecule has 27 heavy (non-hydrogen) atoms. The first-order chi connectivity index (χ1) is 13.1. The van der Waals surface area contributed by atoms with Crippen LogP contribution in [0.5, 0.6) is 5.75 Å². The molecule has 1 aliphatic heterocycles. The summed E-state index contributed by atoms with van der Waals surface area (Å²) in [7, 11) is 0. The second-order valence-electron chi connectivity index (χ2n) is 5.50. The maximum atomic E-state index is 11.8. The van der Waals surface area contributed by atoms with Crippen LogP contribution in [0, 0.1) is 0 Å². The van der Waals surface area contributed by atoms with E-state index in [1.165, 1.54) is 23.5 Å². The summed E-state index contributed by atoms with van der Waals surface area (Å²) in [6.07, 6.45) is 2.45. The van der Waals surface area contributed by atoms with Crippen LogP contribution in [0.1, 0.15) is 0 Å². The van der Waals surface area contributed by atoms with E-state index >= 15 is 0 Å². The van der Waals surface area contributed by atoms with Crippen LogP contribution in [-0.4, -0.2) is 27.1 Å². The molecule has 1 N–H and O–H groups in total. The van der Waals surface area contributed by atoms with Crippen molar-refractivity contribution in [1.82, 2.24) is 10.2 Å². The molecular formula is C18H11N5O3S. The Morgan fingerprint density at radius 2 is 1.67 bits per heavy atom. The second-order valence-corrected chi connectivity index (χ2v) is 6.46. The van der Waals surface area contributed by atoms with Gasteiger partial charge in [-0.15, -0.1) is 20.4 Å². The zero-order chi connectivity index (χ0) is 18.8. The van der Waals surface area contributed by atoms with E-state index in [1.807, 2.05) is 0 Å². The average Bonchev–Trinajstić information content (AvgIpc) is 3.27. The van der Waals surface area contributed by atoms with Crippen LogP contribution in [0.2, 0.25) is 0 Å². The molecule has 2 heterocycles. The molecule has 4 rings (SSSR count). The maximum Gasteiger partial charge on any atom is 0.258 e. The smallest absolute Gasteiger partial charge is 0.258 e. The van der Waals surface area contributed by atoms with Gasteiger partial charge in [-0.25, -0.2) is 4.90 Å². The first-order valence-electron chi connectivity index (χ1n) is 7.81. The third-order valence-electron chi connectivity index (χ3n) is 3.68. The number of amides is 2. The largest absolute Gasteiger partial charge is 0.508 e. The summed E-state index contributed by atoms with van der Waals surface area (Å²) in [4.78, 5) is 24.6. The first kappa shape index (κ1) is 16.7. The second kappa shape index (κ2) is 6.89. The quantitative estimate of drug-likeness (QED) is 0.550. The zero-order valence-corrected chi connectivity index (χ0v) is 14.5. The minimum Gasteiger partial charge on any atom is -0.508 e. The molecular weight excluding hydrogens is 366 g/mol. The van der Waals surface area contributed by atoms with E-state index in [4.69, 9.17) is 0 Å². The molecule has 1 aromatic heterocycles. The number of nitrogens with zero attached hydrogens (tertiary/aromatic N) is 5. The highest BCUT2D eigenvalue weighted by Crippen LogP contribution is 2.31. The number of imide groups is 1. The fraction of sp³-hybridized carbons (Fsp3) is 0. The van der Waals surface area contributed by atoms with Crippen LogP contribution < -0.4 is 4.90 Å². The van der Waals surface area contributed by atoms with Crippen LogP contribution >= 0.6 is 11.3 Å². The van der Waals surface area contributed by atoms with E-state index in [-0.39, 0.29) is 5.75 Å². The number of phenols is 1. The van der Waals surface area contributed by atoms with Crippen LogP contribution in [0.25, 0.3) is 10.6 Å². The lowest BCUT2D eigenvalue weighted by Gasteiger charge is -2.13. The Bertz CT molecular complexity index is 1070. The molecule has 9 heteroatoms. The Balaban J connectivity index is 1.54. The third-order valence-corrected chi connectivity index (χ3v) is 4.53. The number of aromatic hydroxyl groups is 1. The molecule has 0 aliphatic carbocycles. The van der Waals surface area contributed by atoms with E-state index in [1.54, 1.807) is 48.5 Å². The molecule has 2 amide bonds. The van der Waals surface area contributed by atoms with Crippen LogP contribution in [0.3, 0.4) is 0 Å². The number of rotatable bonds is 4. The van der Waals surface area contributed by atoms with Gasteiger partial charge in [-0.1, -0.05) is 17.4 Å². The Kier molecular flexibility index (Phi) is 4.27. The van der Waals surface area contributed by atoms with Crippen molar-refractivity contribution in [1.29, 1.82) is 0 Å². The number of azo groups is 1. The van der Waals surface area contributed by atoms with Gasteiger partial charge in [0.2, 0.25) is 0 Å². The number of anilines is 1. The molecule has 0 saturated carbocycles. The maximum absolute atomic E-state index is 11.8. The van der Waals surface area contributed by atoms with Crippen molar-refractivity contribution < 1.29 is 14.7 Å². The minimum absolute atomic E-state index is 0.174. The SMILES string of the molecule is O=C1C=CC(=O)N1c1cccc(N=Nc2nnc(-c3ccc(O)cc3)s2)c1. The van der Waals surface area contributed by atoms with Gasteiger partial charge < -0.3 is 5.11 Å². The standard InChI is InChI=1S/C18H11N5O3S/c24-14-6-4-11(5-7-14)17-20-22-18(27-17)21-19-12-2-1-3-13(10-12)23-15(25)8-9-16(23)26/h1-10,24H. The van der Waals surface area contributed by atoms with Gasteiger partial charge in [-0.05, 0) is 42.5 Å². The van der Waals surface area contributed by atoms with Crippen molar-refractivity contribution >= 4 is 39.7 Å². The number of hydrogen-bond donors (Lipinski definition) is 1. The summed E-state index contributed by atoms with van der Waals surface area (Å²) < 4.78 is 0. The number of carbonyl (C=O) groups excluding carboxylic acids is 2. The molecule has 0 unspecified atom stereocenters. The molecule has 1 aliphatic rings. The molecule has 2 aromatic carbocycles. The molecule has 3 aromatic rings. The number of aromatic nitrogens is 2. The predicted molar refractivity (Wildman–Crippen MR) is 99.3 cm³/mol. The van der Waals surface area contributed by atoms with Crippen molar-refractivity contribution in [2.45, 2.75) is 0 Å². The zero-order valence-electron chi connectivity index (χ0n) is 13.7. The topological polar surface area (TPSA) is 108 Å². The van der Waals surface area contributed by atoms with Crippen molar-refractivity contribution in [3.05, 3.63) is 60.7 Å². The average molecular weight is 377 g/mol. The third kappa shape index (κ3) is 3.48. The van der Waals surface area contributed by atoms with Crippen LogP contribution in [0.15, 0.2) is 70.9 Å². The molecule has 8 nitrogen and oxygen atoms in total. The van der Waals surface area contributed by atoms with Gasteiger partial charge >= 0.3 is 0 Å². The molecule has 0 fully saturated rings. The Labute approximate surface area is 157 Å². The fourth-order valence-electron chi connectivity index (χ4n) is 2.43. The highest BCUT2D eigenvalue weighted by molar-refractivity contribution is 7.18. The van der Waals surface area contributed by atoms with Gasteiger partial charge in [-0.2, -0.15) is 0 Å². The van der Waals surface area contributed by atoms with E-state index in [2.05, 4.69) is 20.4 Å². The first-order valence-corrected chi connectivity index (χ1v) is 8.63. The lowest BCUT2D eigenvalue weighted by atomic mass is 10.2. The summed E-state index contributed by atoms with van der Waals surface area (Å²) in [5.41, 5.74) is 1.71. The van der Waals surface area contributed by atoms with Crippen molar-refractivity contribution in [2.24, 2.45) is 10.2 Å². The van der Waals surface area contributed by atoms with Crippen molar-refractivity contribution in [2.75, 3.05) is 4.90 Å². The summed E-state index contributed by atoms with van der Waals surface area (Å²) >= 11 is 1.25. The summed E-state index contributed by atoms with van der Waals surface area (Å²) in [5.74, 6) is -0.610. The molecule has 0 spiro atoms. The van der Waals surface area contributed by atoms with Gasteiger partial charge in [0, 0.05) is 17.7 Å². The van der Waals surface area contributed by atoms with Gasteiger partial charge in [0.05, 0.1) is 11.4 Å². The molecule has 0 atom stereocenters. The predicted octanol–water partition coefficient (Wildman–Crippen LogP) is 3.76. The highest BCUT2D eigenvalue weighted by Gasteiger charge is 2.25. The lowest BCUT2D eigenvalue weighted by molar-refractivity contribution is -0.119. The number of carbonyl (C=O) groups is 2.